The van der Waals surface area contributed by atoms with Gasteiger partial charge in [0.2, 0.25) is 11.8 Å². The first kappa shape index (κ1) is 30.8. The lowest BCUT2D eigenvalue weighted by atomic mass is 9.99. The normalized spacial score (nSPS) is 13.3. The maximum atomic E-state index is 13.2. The molecule has 8 nitrogen and oxygen atoms in total. The minimum absolute atomic E-state index is 0.0712. The minimum Gasteiger partial charge on any atom is -0.445 e. The number of benzene rings is 2. The number of halogens is 1. The van der Waals surface area contributed by atoms with E-state index in [2.05, 4.69) is 16.0 Å². The van der Waals surface area contributed by atoms with Gasteiger partial charge >= 0.3 is 6.09 Å². The highest BCUT2D eigenvalue weighted by Gasteiger charge is 2.29. The van der Waals surface area contributed by atoms with E-state index in [-0.39, 0.29) is 18.4 Å². The molecule has 0 aliphatic carbocycles. The van der Waals surface area contributed by atoms with Gasteiger partial charge in [-0.25, -0.2) is 4.79 Å². The lowest BCUT2D eigenvalue weighted by Gasteiger charge is -2.26. The molecular formula is C29H38ClN3O5. The van der Waals surface area contributed by atoms with Crippen LogP contribution in [-0.2, 0) is 32.1 Å². The van der Waals surface area contributed by atoms with Gasteiger partial charge in [0.05, 0.1) is 6.04 Å². The van der Waals surface area contributed by atoms with Crippen LogP contribution in [0.25, 0.3) is 0 Å². The van der Waals surface area contributed by atoms with Gasteiger partial charge in [-0.15, -0.1) is 0 Å². The molecule has 0 bridgehead atoms. The Bertz CT molecular complexity index is 1040. The molecule has 9 heteroatoms. The number of alkyl carbamates (subject to hydrolysis) is 1. The Morgan fingerprint density at radius 1 is 0.789 bits per heavy atom. The zero-order valence-electron chi connectivity index (χ0n) is 22.4. The van der Waals surface area contributed by atoms with Crippen LogP contribution in [0, 0.1) is 11.8 Å². The quantitative estimate of drug-likeness (QED) is 0.305. The summed E-state index contributed by atoms with van der Waals surface area (Å²) in [6.07, 6.45) is 0.961. The maximum Gasteiger partial charge on any atom is 0.408 e. The lowest BCUT2D eigenvalue weighted by Crippen LogP contribution is -2.55. The molecule has 38 heavy (non-hydrogen) atoms. The van der Waals surface area contributed by atoms with Crippen molar-refractivity contribution in [2.45, 2.75) is 71.7 Å². The van der Waals surface area contributed by atoms with Gasteiger partial charge < -0.3 is 25.5 Å². The molecule has 0 saturated heterocycles. The van der Waals surface area contributed by atoms with Crippen LogP contribution in [0.4, 0.5) is 4.79 Å². The summed E-state index contributed by atoms with van der Waals surface area (Å²) in [6.45, 7) is 7.80. The molecule has 2 aromatic carbocycles. The lowest BCUT2D eigenvalue weighted by molar-refractivity contribution is -0.131. The van der Waals surface area contributed by atoms with Crippen LogP contribution in [0.3, 0.4) is 0 Å². The van der Waals surface area contributed by atoms with E-state index in [1.165, 1.54) is 0 Å². The van der Waals surface area contributed by atoms with Crippen LogP contribution in [0.1, 0.15) is 51.7 Å². The van der Waals surface area contributed by atoms with E-state index in [9.17, 15) is 19.2 Å². The van der Waals surface area contributed by atoms with Crippen molar-refractivity contribution in [2.75, 3.05) is 0 Å². The Morgan fingerprint density at radius 2 is 1.34 bits per heavy atom. The van der Waals surface area contributed by atoms with Crippen LogP contribution in [0.2, 0.25) is 5.02 Å². The van der Waals surface area contributed by atoms with E-state index in [0.29, 0.717) is 30.6 Å². The minimum atomic E-state index is -0.892. The summed E-state index contributed by atoms with van der Waals surface area (Å²) in [4.78, 5) is 50.5. The monoisotopic (exact) mass is 543 g/mol. The number of amides is 3. The molecule has 3 amide bonds. The Kier molecular flexibility index (Phi) is 12.8. The molecule has 0 aliphatic heterocycles. The number of carbonyl (C=O) groups is 4. The highest BCUT2D eigenvalue weighted by atomic mass is 35.5. The number of hydrogen-bond donors (Lipinski definition) is 3. The summed E-state index contributed by atoms with van der Waals surface area (Å²) in [5.74, 6) is -0.773. The molecule has 0 spiro atoms. The molecule has 0 aromatic heterocycles. The zero-order valence-corrected chi connectivity index (χ0v) is 23.2. The third-order valence-corrected chi connectivity index (χ3v) is 5.98. The number of nitrogens with one attached hydrogen (secondary N) is 3. The number of ether oxygens (including phenoxy) is 1. The third-order valence-electron chi connectivity index (χ3n) is 5.73. The summed E-state index contributed by atoms with van der Waals surface area (Å²) in [5.41, 5.74) is 1.66. The topological polar surface area (TPSA) is 114 Å². The van der Waals surface area contributed by atoms with Crippen LogP contribution in [0.5, 0.6) is 0 Å². The molecule has 2 rings (SSSR count). The van der Waals surface area contributed by atoms with Crippen LogP contribution >= 0.6 is 11.6 Å². The van der Waals surface area contributed by atoms with Crippen molar-refractivity contribution < 1.29 is 23.9 Å². The summed E-state index contributed by atoms with van der Waals surface area (Å²) < 4.78 is 5.28. The van der Waals surface area contributed by atoms with Crippen molar-refractivity contribution in [2.24, 2.45) is 11.8 Å². The Morgan fingerprint density at radius 3 is 1.89 bits per heavy atom. The van der Waals surface area contributed by atoms with Gasteiger partial charge in [0.1, 0.15) is 25.0 Å². The molecule has 0 aliphatic rings. The van der Waals surface area contributed by atoms with Crippen molar-refractivity contribution in [3.8, 4) is 0 Å². The number of aldehydes is 1. The zero-order chi connectivity index (χ0) is 28.1. The predicted octanol–water partition coefficient (Wildman–Crippen LogP) is 4.44. The van der Waals surface area contributed by atoms with Gasteiger partial charge in [0.15, 0.2) is 0 Å². The third kappa shape index (κ3) is 11.3. The molecular weight excluding hydrogens is 506 g/mol. The first-order chi connectivity index (χ1) is 18.1. The molecule has 0 radical (unpaired) electrons. The van der Waals surface area contributed by atoms with Crippen molar-refractivity contribution in [3.05, 3.63) is 70.7 Å². The highest BCUT2D eigenvalue weighted by Crippen LogP contribution is 2.12. The van der Waals surface area contributed by atoms with E-state index in [0.717, 1.165) is 11.1 Å². The summed E-state index contributed by atoms with van der Waals surface area (Å²) in [6, 6.07) is 13.7. The fraction of sp³-hybridized carbons (Fsp3) is 0.448. The molecule has 206 valence electrons. The van der Waals surface area contributed by atoms with Crippen LogP contribution in [0.15, 0.2) is 54.6 Å². The van der Waals surface area contributed by atoms with Crippen LogP contribution < -0.4 is 16.0 Å². The maximum absolute atomic E-state index is 13.2. The molecule has 0 saturated carbocycles. The molecule has 1 unspecified atom stereocenters. The van der Waals surface area contributed by atoms with Crippen molar-refractivity contribution >= 4 is 35.8 Å². The number of rotatable bonds is 14. The van der Waals surface area contributed by atoms with Crippen molar-refractivity contribution in [3.63, 3.8) is 0 Å². The van der Waals surface area contributed by atoms with Gasteiger partial charge in [0, 0.05) is 5.02 Å². The second-order valence-electron chi connectivity index (χ2n) is 10.2. The van der Waals surface area contributed by atoms with Gasteiger partial charge in [-0.3, -0.25) is 9.59 Å². The second-order valence-corrected chi connectivity index (χ2v) is 10.6. The standard InChI is InChI=1S/C29H38ClN3O5/c1-19(2)14-25(27(35)31-24(17-34)16-21-10-12-23(30)13-11-21)32-28(36)26(15-20(3)4)33-29(37)38-18-22-8-6-5-7-9-22/h5-13,17,19-20,24-26H,14-16,18H2,1-4H3,(H,31,35)(H,32,36)(H,33,37)/t24-,25?,26-/m0/s1. The van der Waals surface area contributed by atoms with E-state index in [4.69, 9.17) is 16.3 Å². The predicted molar refractivity (Wildman–Crippen MR) is 148 cm³/mol. The van der Waals surface area contributed by atoms with Crippen molar-refractivity contribution in [1.82, 2.24) is 16.0 Å². The molecule has 2 aromatic rings. The van der Waals surface area contributed by atoms with E-state index in [1.807, 2.05) is 58.0 Å². The largest absolute Gasteiger partial charge is 0.445 e. The summed E-state index contributed by atoms with van der Waals surface area (Å²) in [5, 5.41) is 8.72. The summed E-state index contributed by atoms with van der Waals surface area (Å²) in [7, 11) is 0. The fourth-order valence-electron chi connectivity index (χ4n) is 3.88. The van der Waals surface area contributed by atoms with Gasteiger partial charge in [-0.2, -0.15) is 0 Å². The highest BCUT2D eigenvalue weighted by molar-refractivity contribution is 6.30. The average Bonchev–Trinajstić information content (AvgIpc) is 2.87. The van der Waals surface area contributed by atoms with E-state index in [1.54, 1.807) is 24.3 Å². The van der Waals surface area contributed by atoms with Gasteiger partial charge in [-0.1, -0.05) is 81.8 Å². The second kappa shape index (κ2) is 15.8. The van der Waals surface area contributed by atoms with E-state index >= 15 is 0 Å². The smallest absolute Gasteiger partial charge is 0.408 e. The van der Waals surface area contributed by atoms with E-state index < -0.39 is 36.0 Å². The number of hydrogen-bond acceptors (Lipinski definition) is 5. The SMILES string of the molecule is CC(C)CC(NC(=O)[C@H](CC(C)C)NC(=O)OCc1ccccc1)C(=O)N[C@H](C=O)Cc1ccc(Cl)cc1. The molecule has 0 fully saturated rings. The summed E-state index contributed by atoms with van der Waals surface area (Å²) >= 11 is 5.93. The molecule has 3 atom stereocenters. The average molecular weight is 544 g/mol. The first-order valence-electron chi connectivity index (χ1n) is 12.8. The molecule has 0 heterocycles. The number of carbonyl (C=O) groups excluding carboxylic acids is 4. The van der Waals surface area contributed by atoms with Gasteiger partial charge in [0.25, 0.3) is 0 Å². The Hall–Kier alpha value is -3.39. The fourth-order valence-corrected chi connectivity index (χ4v) is 4.00. The first-order valence-corrected chi connectivity index (χ1v) is 13.2. The van der Waals surface area contributed by atoms with Crippen molar-refractivity contribution in [1.29, 1.82) is 0 Å². The van der Waals surface area contributed by atoms with Crippen LogP contribution in [-0.4, -0.2) is 42.3 Å². The van der Waals surface area contributed by atoms with Gasteiger partial charge in [-0.05, 0) is 54.4 Å². The Labute approximate surface area is 229 Å². The molecule has 3 N–H and O–H groups in total. The Balaban J connectivity index is 2.04.